The van der Waals surface area contributed by atoms with Gasteiger partial charge in [0.05, 0.1) is 24.2 Å². The second-order valence-corrected chi connectivity index (χ2v) is 9.59. The van der Waals surface area contributed by atoms with Crippen molar-refractivity contribution in [3.8, 4) is 11.5 Å². The van der Waals surface area contributed by atoms with E-state index in [0.29, 0.717) is 17.1 Å². The molecule has 1 saturated carbocycles. The van der Waals surface area contributed by atoms with Gasteiger partial charge in [-0.2, -0.15) is 5.10 Å². The van der Waals surface area contributed by atoms with E-state index in [9.17, 15) is 14.9 Å². The molecule has 0 spiro atoms. The van der Waals surface area contributed by atoms with Crippen molar-refractivity contribution in [1.29, 1.82) is 0 Å². The summed E-state index contributed by atoms with van der Waals surface area (Å²) in [6.07, 6.45) is 3.21. The standard InChI is InChI=1S/C24H25Cl2N3O5/c1-14-9-17(6-7-19(14)29(31)32)34-13-16-10-15(5-8-20(16)33-4)12-27-28-23(30)22-18(11-21(25)26)24(22,2)3/h5-12,18,22H,13H2,1-4H3,(H,28,30)/b27-12-/t18-,22-/m0/s1. The molecule has 0 aliphatic heterocycles. The summed E-state index contributed by atoms with van der Waals surface area (Å²) in [5.41, 5.74) is 4.36. The molecule has 3 rings (SSSR count). The lowest BCUT2D eigenvalue weighted by Gasteiger charge is -2.11. The highest BCUT2D eigenvalue weighted by Crippen LogP contribution is 2.59. The van der Waals surface area contributed by atoms with Gasteiger partial charge in [0.25, 0.3) is 5.69 Å². The van der Waals surface area contributed by atoms with E-state index < -0.39 is 4.92 Å². The number of nitro groups is 1. The Morgan fingerprint density at radius 3 is 2.62 bits per heavy atom. The van der Waals surface area contributed by atoms with Crippen LogP contribution in [0.15, 0.2) is 52.1 Å². The van der Waals surface area contributed by atoms with E-state index >= 15 is 0 Å². The largest absolute Gasteiger partial charge is 0.496 e. The molecule has 1 amide bonds. The van der Waals surface area contributed by atoms with Crippen molar-refractivity contribution in [3.05, 3.63) is 73.8 Å². The Labute approximate surface area is 207 Å². The number of carbonyl (C=O) groups excluding carboxylic acids is 1. The maximum atomic E-state index is 12.5. The molecule has 1 N–H and O–H groups in total. The van der Waals surface area contributed by atoms with Crippen molar-refractivity contribution in [3.63, 3.8) is 0 Å². The number of halogens is 2. The smallest absolute Gasteiger partial charge is 0.272 e. The monoisotopic (exact) mass is 505 g/mol. The fraction of sp³-hybridized carbons (Fsp3) is 0.333. The molecule has 0 unspecified atom stereocenters. The van der Waals surface area contributed by atoms with E-state index in [1.165, 1.54) is 12.3 Å². The first-order valence-electron chi connectivity index (χ1n) is 10.4. The molecule has 0 radical (unpaired) electrons. The molecule has 2 atom stereocenters. The van der Waals surface area contributed by atoms with Crippen LogP contribution < -0.4 is 14.9 Å². The third kappa shape index (κ3) is 5.87. The third-order valence-corrected chi connectivity index (χ3v) is 6.20. The van der Waals surface area contributed by atoms with Crippen LogP contribution >= 0.6 is 23.2 Å². The minimum atomic E-state index is -0.433. The van der Waals surface area contributed by atoms with Crippen LogP contribution in [0.4, 0.5) is 5.69 Å². The summed E-state index contributed by atoms with van der Waals surface area (Å²) in [6, 6.07) is 9.98. The van der Waals surface area contributed by atoms with Gasteiger partial charge in [0, 0.05) is 17.2 Å². The minimum Gasteiger partial charge on any atom is -0.496 e. The number of ether oxygens (including phenoxy) is 2. The van der Waals surface area contributed by atoms with Crippen molar-refractivity contribution >= 4 is 41.0 Å². The first-order chi connectivity index (χ1) is 16.0. The third-order valence-electron chi connectivity index (χ3n) is 5.95. The average Bonchev–Trinajstić information content (AvgIpc) is 3.30. The predicted octanol–water partition coefficient (Wildman–Crippen LogP) is 5.53. The van der Waals surface area contributed by atoms with E-state index in [0.717, 1.165) is 11.1 Å². The number of benzene rings is 2. The summed E-state index contributed by atoms with van der Waals surface area (Å²) in [4.78, 5) is 23.1. The van der Waals surface area contributed by atoms with Gasteiger partial charge in [-0.3, -0.25) is 14.9 Å². The summed E-state index contributed by atoms with van der Waals surface area (Å²) >= 11 is 11.5. The Balaban J connectivity index is 1.65. The molecule has 0 heterocycles. The zero-order valence-electron chi connectivity index (χ0n) is 19.2. The summed E-state index contributed by atoms with van der Waals surface area (Å²) in [7, 11) is 1.55. The number of allylic oxidation sites excluding steroid dienone is 1. The van der Waals surface area contributed by atoms with E-state index in [1.807, 2.05) is 19.9 Å². The lowest BCUT2D eigenvalue weighted by molar-refractivity contribution is -0.385. The molecule has 34 heavy (non-hydrogen) atoms. The Bertz CT molecular complexity index is 1160. The van der Waals surface area contributed by atoms with Crippen molar-refractivity contribution in [2.45, 2.75) is 27.4 Å². The minimum absolute atomic E-state index is 0.0351. The van der Waals surface area contributed by atoms with Gasteiger partial charge in [-0.05, 0) is 60.2 Å². The first-order valence-corrected chi connectivity index (χ1v) is 11.2. The van der Waals surface area contributed by atoms with Gasteiger partial charge >= 0.3 is 0 Å². The summed E-state index contributed by atoms with van der Waals surface area (Å²) in [6.45, 7) is 5.78. The number of carbonyl (C=O) groups is 1. The van der Waals surface area contributed by atoms with E-state index in [4.69, 9.17) is 32.7 Å². The van der Waals surface area contributed by atoms with Crippen LogP contribution in [-0.4, -0.2) is 24.2 Å². The van der Waals surface area contributed by atoms with Crippen molar-refractivity contribution in [2.75, 3.05) is 7.11 Å². The summed E-state index contributed by atoms with van der Waals surface area (Å²) < 4.78 is 11.4. The molecule has 0 saturated heterocycles. The molecule has 180 valence electrons. The maximum Gasteiger partial charge on any atom is 0.272 e. The molecule has 0 aromatic heterocycles. The highest BCUT2D eigenvalue weighted by molar-refractivity contribution is 6.55. The topological polar surface area (TPSA) is 103 Å². The number of nitrogens with one attached hydrogen (secondary N) is 1. The molecule has 10 heteroatoms. The van der Waals surface area contributed by atoms with Crippen LogP contribution in [0.2, 0.25) is 0 Å². The number of nitrogens with zero attached hydrogens (tertiary/aromatic N) is 2. The molecule has 2 aromatic carbocycles. The van der Waals surface area contributed by atoms with Crippen LogP contribution in [0.5, 0.6) is 11.5 Å². The van der Waals surface area contributed by atoms with Crippen LogP contribution in [0.3, 0.4) is 0 Å². The number of aryl methyl sites for hydroxylation is 1. The van der Waals surface area contributed by atoms with E-state index in [2.05, 4.69) is 10.5 Å². The lowest BCUT2D eigenvalue weighted by atomic mass is 10.1. The number of hydrogen-bond acceptors (Lipinski definition) is 6. The number of methoxy groups -OCH3 is 1. The highest BCUT2D eigenvalue weighted by Gasteiger charge is 2.60. The SMILES string of the molecule is COc1ccc(/C=N\NC(=O)[C@@H]2[C@H](C=C(Cl)Cl)C2(C)C)cc1COc1ccc([N+](=O)[O-])c(C)c1. The van der Waals surface area contributed by atoms with Crippen LogP contribution in [-0.2, 0) is 11.4 Å². The zero-order valence-corrected chi connectivity index (χ0v) is 20.7. The molecule has 1 aliphatic carbocycles. The lowest BCUT2D eigenvalue weighted by Crippen LogP contribution is -2.22. The maximum absolute atomic E-state index is 12.5. The van der Waals surface area contributed by atoms with E-state index in [-0.39, 0.29) is 39.9 Å². The van der Waals surface area contributed by atoms with Crippen molar-refractivity contribution < 1.29 is 19.2 Å². The van der Waals surface area contributed by atoms with Gasteiger partial charge in [0.1, 0.15) is 22.6 Å². The normalized spacial score (nSPS) is 18.3. The zero-order chi connectivity index (χ0) is 25.0. The van der Waals surface area contributed by atoms with Crippen molar-refractivity contribution in [2.24, 2.45) is 22.4 Å². The molecule has 1 aliphatic rings. The fourth-order valence-electron chi connectivity index (χ4n) is 3.94. The quantitative estimate of drug-likeness (QED) is 0.274. The predicted molar refractivity (Wildman–Crippen MR) is 131 cm³/mol. The molecule has 2 aromatic rings. The number of hydrogen-bond donors (Lipinski definition) is 1. The van der Waals surface area contributed by atoms with Crippen LogP contribution in [0, 0.1) is 34.3 Å². The number of amides is 1. The Kier molecular flexibility index (Phi) is 7.84. The van der Waals surface area contributed by atoms with E-state index in [1.54, 1.807) is 44.4 Å². The van der Waals surface area contributed by atoms with Gasteiger partial charge in [-0.25, -0.2) is 5.43 Å². The Morgan fingerprint density at radius 2 is 2.00 bits per heavy atom. The number of rotatable bonds is 9. The fourth-order valence-corrected chi connectivity index (χ4v) is 4.21. The van der Waals surface area contributed by atoms with Crippen LogP contribution in [0.1, 0.15) is 30.5 Å². The summed E-state index contributed by atoms with van der Waals surface area (Å²) in [5.74, 6) is 0.613. The van der Waals surface area contributed by atoms with Gasteiger partial charge < -0.3 is 9.47 Å². The highest BCUT2D eigenvalue weighted by atomic mass is 35.5. The second-order valence-electron chi connectivity index (χ2n) is 8.58. The molecule has 8 nitrogen and oxygen atoms in total. The van der Waals surface area contributed by atoms with Gasteiger partial charge in [-0.15, -0.1) is 0 Å². The molecule has 1 fully saturated rings. The Hall–Kier alpha value is -3.10. The van der Waals surface area contributed by atoms with Crippen LogP contribution in [0.25, 0.3) is 0 Å². The van der Waals surface area contributed by atoms with Crippen molar-refractivity contribution in [1.82, 2.24) is 5.43 Å². The second kappa shape index (κ2) is 10.4. The molecular weight excluding hydrogens is 481 g/mol. The van der Waals surface area contributed by atoms with Gasteiger partial charge in [0.15, 0.2) is 0 Å². The molecular formula is C24H25Cl2N3O5. The number of nitro benzene ring substituents is 1. The Morgan fingerprint density at radius 1 is 1.26 bits per heavy atom. The van der Waals surface area contributed by atoms with Gasteiger partial charge in [0.2, 0.25) is 5.91 Å². The average molecular weight is 506 g/mol. The van der Waals surface area contributed by atoms with Gasteiger partial charge in [-0.1, -0.05) is 37.0 Å². The number of hydrazone groups is 1. The summed E-state index contributed by atoms with van der Waals surface area (Å²) in [5, 5.41) is 15.1. The first kappa shape index (κ1) is 25.5. The molecule has 0 bridgehead atoms.